The highest BCUT2D eigenvalue weighted by Gasteiger charge is 2.44. The van der Waals surface area contributed by atoms with E-state index < -0.39 is 46.3 Å². The quantitative estimate of drug-likeness (QED) is 0.410. The first kappa shape index (κ1) is 20.5. The summed E-state index contributed by atoms with van der Waals surface area (Å²) in [4.78, 5) is 16.5. The lowest BCUT2D eigenvalue weighted by Crippen LogP contribution is -2.39. The molecule has 1 N–H and O–H groups in total. The Morgan fingerprint density at radius 3 is 2.73 bits per heavy atom. The fraction of sp³-hybridized carbons (Fsp3) is 0.316. The second-order valence-corrected chi connectivity index (χ2v) is 7.33. The van der Waals surface area contributed by atoms with Crippen LogP contribution in [-0.4, -0.2) is 34.5 Å². The number of aromatic nitrogens is 1. The van der Waals surface area contributed by atoms with Crippen molar-refractivity contribution in [3.05, 3.63) is 51.8 Å². The van der Waals surface area contributed by atoms with Gasteiger partial charge in [-0.15, -0.1) is 0 Å². The number of nitrogens with zero attached hydrogens (tertiary/aromatic N) is 2. The number of benzene rings is 1. The molecule has 3 heterocycles. The van der Waals surface area contributed by atoms with Crippen LogP contribution < -0.4 is 10.1 Å². The summed E-state index contributed by atoms with van der Waals surface area (Å²) in [6.07, 6.45) is -2.46. The summed E-state index contributed by atoms with van der Waals surface area (Å²) in [5.41, 5.74) is -0.597. The van der Waals surface area contributed by atoms with Gasteiger partial charge in [0.05, 0.1) is 29.5 Å². The molecule has 2 aliphatic heterocycles. The van der Waals surface area contributed by atoms with Gasteiger partial charge in [0.1, 0.15) is 17.5 Å². The van der Waals surface area contributed by atoms with E-state index in [2.05, 4.69) is 10.3 Å². The van der Waals surface area contributed by atoms with E-state index in [1.807, 2.05) is 0 Å². The van der Waals surface area contributed by atoms with Gasteiger partial charge in [-0.1, -0.05) is 11.6 Å². The summed E-state index contributed by atoms with van der Waals surface area (Å²) < 4.78 is 73.7. The van der Waals surface area contributed by atoms with Crippen LogP contribution in [0.2, 0.25) is 5.02 Å². The zero-order valence-electron chi connectivity index (χ0n) is 15.4. The minimum atomic E-state index is -4.83. The number of carbonyl (C=O) groups excluding carboxylic acids is 1. The molecule has 0 fully saturated rings. The third-order valence-electron chi connectivity index (χ3n) is 5.23. The van der Waals surface area contributed by atoms with Crippen LogP contribution >= 0.6 is 11.6 Å². The van der Waals surface area contributed by atoms with E-state index in [1.54, 1.807) is 0 Å². The van der Waals surface area contributed by atoms with Crippen LogP contribution in [0.15, 0.2) is 18.3 Å². The largest absolute Gasteiger partial charge is 0.496 e. The molecule has 2 amide bonds. The number of alkyl halides is 3. The van der Waals surface area contributed by atoms with Crippen LogP contribution in [0.1, 0.15) is 29.5 Å². The molecule has 5 nitrogen and oxygen atoms in total. The molecule has 2 aromatic rings. The lowest BCUT2D eigenvalue weighted by Gasteiger charge is -2.21. The van der Waals surface area contributed by atoms with Crippen molar-refractivity contribution in [2.45, 2.75) is 31.5 Å². The molecule has 0 spiro atoms. The molecule has 1 aromatic carbocycles. The minimum Gasteiger partial charge on any atom is -0.494 e. The molecule has 158 valence electrons. The van der Waals surface area contributed by atoms with Gasteiger partial charge in [-0.3, -0.25) is 0 Å². The van der Waals surface area contributed by atoms with Crippen LogP contribution in [0.3, 0.4) is 0 Å². The zero-order chi connectivity index (χ0) is 21.8. The molecule has 4 rings (SSSR count). The Hall–Kier alpha value is -2.75. The number of nitrogens with one attached hydrogen (secondary N) is 1. The molecule has 1 atom stereocenters. The standard InChI is InChI=1S/C19H13ClF5N3O2/c1-30-15-7-26-17(22)9-4-8-2-3-14(16(9)15)28(8)18(29)27-13-6-11(20)10(5-12(13)21)19(23,24)25/h5-8H,2-4H2,1H3/p+1/t8-/m0/s1. The van der Waals surface area contributed by atoms with Crippen molar-refractivity contribution in [3.8, 4) is 5.75 Å². The van der Waals surface area contributed by atoms with Gasteiger partial charge in [-0.25, -0.2) is 14.7 Å². The van der Waals surface area contributed by atoms with Gasteiger partial charge in [-0.2, -0.15) is 26.9 Å². The molecule has 11 heteroatoms. The number of hydrogen-bond acceptors (Lipinski definition) is 3. The molecule has 1 aromatic heterocycles. The number of urea groups is 1. The Balaban J connectivity index is 1.73. The molecule has 0 unspecified atom stereocenters. The number of fused-ring (bicyclic) bond motifs is 3. The Labute approximate surface area is 172 Å². The van der Waals surface area contributed by atoms with Crippen molar-refractivity contribution in [2.75, 3.05) is 12.4 Å². The highest BCUT2D eigenvalue weighted by molar-refractivity contribution is 6.31. The van der Waals surface area contributed by atoms with Crippen LogP contribution in [-0.2, 0) is 12.6 Å². The average molecular weight is 447 g/mol. The fourth-order valence-corrected chi connectivity index (χ4v) is 4.21. The zero-order valence-corrected chi connectivity index (χ0v) is 16.2. The third kappa shape index (κ3) is 3.28. The Kier molecular flexibility index (Phi) is 4.92. The Morgan fingerprint density at radius 2 is 2.07 bits per heavy atom. The number of pyridine rings is 1. The number of methoxy groups -OCH3 is 1. The monoisotopic (exact) mass is 446 g/mol. The van der Waals surface area contributed by atoms with Gasteiger partial charge in [0, 0.05) is 24.5 Å². The van der Waals surface area contributed by atoms with Gasteiger partial charge < -0.3 is 4.74 Å². The molecular formula is C19H14ClF5N3O2+. The number of carbonyl (C=O) groups is 1. The number of ether oxygens (including phenoxy) is 1. The van der Waals surface area contributed by atoms with Gasteiger partial charge in [0.25, 0.3) is 0 Å². The van der Waals surface area contributed by atoms with Crippen LogP contribution in [0.5, 0.6) is 5.75 Å². The first-order valence-corrected chi connectivity index (χ1v) is 9.23. The molecule has 0 saturated heterocycles. The minimum absolute atomic E-state index is 0.179. The van der Waals surface area contributed by atoms with E-state index in [-0.39, 0.29) is 12.5 Å². The second kappa shape index (κ2) is 7.19. The molecule has 2 bridgehead atoms. The summed E-state index contributed by atoms with van der Waals surface area (Å²) in [6, 6.07) is -0.210. The summed E-state index contributed by atoms with van der Waals surface area (Å²) in [7, 11) is 1.39. The van der Waals surface area contributed by atoms with E-state index in [0.717, 1.165) is 0 Å². The highest BCUT2D eigenvalue weighted by Crippen LogP contribution is 2.38. The second-order valence-electron chi connectivity index (χ2n) is 6.92. The molecule has 0 saturated carbocycles. The van der Waals surface area contributed by atoms with E-state index >= 15 is 0 Å². The van der Waals surface area contributed by atoms with Crippen molar-refractivity contribution >= 4 is 29.0 Å². The van der Waals surface area contributed by atoms with Crippen molar-refractivity contribution in [1.29, 1.82) is 0 Å². The summed E-state index contributed by atoms with van der Waals surface area (Å²) in [5.74, 6) is -1.64. The fourth-order valence-electron chi connectivity index (χ4n) is 3.94. The Morgan fingerprint density at radius 1 is 1.33 bits per heavy atom. The smallest absolute Gasteiger partial charge is 0.494 e. The predicted molar refractivity (Wildman–Crippen MR) is 97.3 cm³/mol. The molecular weight excluding hydrogens is 433 g/mol. The van der Waals surface area contributed by atoms with Crippen molar-refractivity contribution in [1.82, 2.24) is 4.98 Å². The first-order valence-electron chi connectivity index (χ1n) is 8.85. The van der Waals surface area contributed by atoms with Crippen LogP contribution in [0, 0.1) is 11.8 Å². The van der Waals surface area contributed by atoms with E-state index in [9.17, 15) is 26.7 Å². The highest BCUT2D eigenvalue weighted by atomic mass is 35.5. The number of anilines is 1. The van der Waals surface area contributed by atoms with Crippen molar-refractivity contribution in [2.24, 2.45) is 0 Å². The average Bonchev–Trinajstić information content (AvgIpc) is 2.98. The lowest BCUT2D eigenvalue weighted by molar-refractivity contribution is -0.460. The Bertz CT molecular complexity index is 1100. The van der Waals surface area contributed by atoms with Gasteiger partial charge in [0.2, 0.25) is 5.95 Å². The normalized spacial score (nSPS) is 17.8. The summed E-state index contributed by atoms with van der Waals surface area (Å²) >= 11 is 5.63. The van der Waals surface area contributed by atoms with Crippen molar-refractivity contribution in [3.63, 3.8) is 0 Å². The number of rotatable bonds is 2. The van der Waals surface area contributed by atoms with E-state index in [1.165, 1.54) is 17.9 Å². The molecule has 30 heavy (non-hydrogen) atoms. The maximum atomic E-state index is 14.2. The van der Waals surface area contributed by atoms with Crippen molar-refractivity contribution < 1.29 is 36.1 Å². The topological polar surface area (TPSA) is 54.2 Å². The number of hydrogen-bond donors (Lipinski definition) is 1. The van der Waals surface area contributed by atoms with Gasteiger partial charge in [-0.05, 0) is 12.5 Å². The maximum Gasteiger partial charge on any atom is 0.496 e. The lowest BCUT2D eigenvalue weighted by atomic mass is 9.98. The number of amides is 2. The van der Waals surface area contributed by atoms with Gasteiger partial charge in [0.15, 0.2) is 11.5 Å². The third-order valence-corrected chi connectivity index (χ3v) is 5.55. The first-order chi connectivity index (χ1) is 14.1. The SMILES string of the molecule is COc1cnc(F)c2c1C1=[N+](C(=O)Nc3cc(Cl)c(C(F)(F)F)cc3F)[C@@H](CC1)C2. The molecule has 2 aliphatic rings. The molecule has 0 radical (unpaired) electrons. The van der Waals surface area contributed by atoms with Gasteiger partial charge >= 0.3 is 12.2 Å². The summed E-state index contributed by atoms with van der Waals surface area (Å²) in [6.45, 7) is 0. The summed E-state index contributed by atoms with van der Waals surface area (Å²) in [5, 5.41) is 1.53. The van der Waals surface area contributed by atoms with E-state index in [0.29, 0.717) is 41.5 Å². The van der Waals surface area contributed by atoms with Crippen LogP contribution in [0.25, 0.3) is 0 Å². The maximum absolute atomic E-state index is 14.2. The van der Waals surface area contributed by atoms with Crippen LogP contribution in [0.4, 0.5) is 32.4 Å². The predicted octanol–water partition coefficient (Wildman–Crippen LogP) is 4.79. The molecule has 0 aliphatic carbocycles. The number of halogens is 6. The van der Waals surface area contributed by atoms with E-state index in [4.69, 9.17) is 16.3 Å².